The van der Waals surface area contributed by atoms with Crippen LogP contribution in [0.4, 0.5) is 5.69 Å². The summed E-state index contributed by atoms with van der Waals surface area (Å²) >= 11 is 4.71. The summed E-state index contributed by atoms with van der Waals surface area (Å²) in [5.41, 5.74) is 6.49. The number of rotatable bonds is 7. The molecule has 7 heteroatoms. The second-order valence-electron chi connectivity index (χ2n) is 4.00. The fraction of sp³-hybridized carbons (Fsp3) is 0.385. The number of anilines is 1. The third-order valence-corrected chi connectivity index (χ3v) is 4.02. The molecule has 3 N–H and O–H groups in total. The Kier molecular flexibility index (Phi) is 7.46. The lowest BCUT2D eigenvalue weighted by molar-refractivity contribution is -0.140. The van der Waals surface area contributed by atoms with Gasteiger partial charge in [0, 0.05) is 28.0 Å². The molecule has 1 aromatic carbocycles. The number of carbonyl (C=O) groups excluding carboxylic acids is 2. The summed E-state index contributed by atoms with van der Waals surface area (Å²) < 4.78 is 5.42. The number of nitrogen functional groups attached to an aromatic ring is 1. The van der Waals surface area contributed by atoms with Crippen molar-refractivity contribution in [3.8, 4) is 0 Å². The first-order valence-electron chi connectivity index (χ1n) is 6.04. The van der Waals surface area contributed by atoms with Crippen LogP contribution in [0, 0.1) is 0 Å². The summed E-state index contributed by atoms with van der Waals surface area (Å²) in [5.74, 6) is -0.0530. The average Bonchev–Trinajstić information content (AvgIpc) is 2.42. The van der Waals surface area contributed by atoms with Crippen LogP contribution in [0.1, 0.15) is 12.8 Å². The lowest BCUT2D eigenvalue weighted by Gasteiger charge is -2.07. The van der Waals surface area contributed by atoms with Gasteiger partial charge in [-0.25, -0.2) is 0 Å². The second kappa shape index (κ2) is 8.86. The van der Waals surface area contributed by atoms with Crippen molar-refractivity contribution in [1.29, 1.82) is 0 Å². The van der Waals surface area contributed by atoms with Gasteiger partial charge in [0.25, 0.3) is 0 Å². The minimum atomic E-state index is -0.267. The Bertz CT molecular complexity index is 483. The predicted octanol–water partition coefficient (Wildman–Crippen LogP) is 2.19. The van der Waals surface area contributed by atoms with Gasteiger partial charge in [0.2, 0.25) is 5.91 Å². The van der Waals surface area contributed by atoms with E-state index in [-0.39, 0.29) is 11.9 Å². The summed E-state index contributed by atoms with van der Waals surface area (Å²) in [6.07, 6.45) is 0.882. The normalized spacial score (nSPS) is 10.1. The van der Waals surface area contributed by atoms with E-state index in [9.17, 15) is 9.59 Å². The zero-order valence-corrected chi connectivity index (χ0v) is 13.6. The van der Waals surface area contributed by atoms with E-state index in [0.29, 0.717) is 30.8 Å². The maximum atomic E-state index is 11.6. The average molecular weight is 361 g/mol. The number of esters is 1. The first-order chi connectivity index (χ1) is 9.52. The van der Waals surface area contributed by atoms with Crippen molar-refractivity contribution >= 4 is 45.3 Å². The number of amides is 1. The number of nitrogens with one attached hydrogen (secondary N) is 1. The van der Waals surface area contributed by atoms with Crippen molar-refractivity contribution in [2.75, 3.05) is 25.1 Å². The van der Waals surface area contributed by atoms with E-state index in [1.54, 1.807) is 6.07 Å². The van der Waals surface area contributed by atoms with E-state index in [4.69, 9.17) is 5.73 Å². The molecule has 0 atom stereocenters. The lowest BCUT2D eigenvalue weighted by atomic mass is 10.3. The van der Waals surface area contributed by atoms with Gasteiger partial charge >= 0.3 is 5.97 Å². The third-order valence-electron chi connectivity index (χ3n) is 2.44. The molecule has 1 amide bonds. The highest BCUT2D eigenvalue weighted by atomic mass is 79.9. The molecule has 0 aliphatic carbocycles. The number of thioether (sulfide) groups is 1. The summed E-state index contributed by atoms with van der Waals surface area (Å²) in [6, 6.07) is 5.55. The van der Waals surface area contributed by atoms with Gasteiger partial charge in [-0.1, -0.05) is 15.9 Å². The number of hydrogen-bond acceptors (Lipinski definition) is 5. The monoisotopic (exact) mass is 360 g/mol. The Balaban J connectivity index is 2.24. The van der Waals surface area contributed by atoms with Crippen LogP contribution >= 0.6 is 27.7 Å². The van der Waals surface area contributed by atoms with Crippen molar-refractivity contribution in [3.63, 3.8) is 0 Å². The molecule has 0 radical (unpaired) electrons. The van der Waals surface area contributed by atoms with E-state index in [1.165, 1.54) is 18.9 Å². The molecule has 0 aliphatic rings. The molecule has 20 heavy (non-hydrogen) atoms. The molecular weight excluding hydrogens is 344 g/mol. The number of hydrogen-bond donors (Lipinski definition) is 2. The van der Waals surface area contributed by atoms with Gasteiger partial charge in [-0.05, 0) is 24.6 Å². The van der Waals surface area contributed by atoms with Crippen molar-refractivity contribution in [2.45, 2.75) is 17.7 Å². The van der Waals surface area contributed by atoms with Crippen molar-refractivity contribution in [1.82, 2.24) is 5.32 Å². The Labute approximate surface area is 130 Å². The largest absolute Gasteiger partial charge is 0.469 e. The van der Waals surface area contributed by atoms with E-state index in [0.717, 1.165) is 9.37 Å². The molecule has 110 valence electrons. The molecule has 5 nitrogen and oxygen atoms in total. The molecule has 0 unspecified atom stereocenters. The number of nitrogens with two attached hydrogens (primary N) is 1. The SMILES string of the molecule is COC(=O)CCCNC(=O)CSc1ccc(Br)cc1N. The van der Waals surface area contributed by atoms with E-state index in [2.05, 4.69) is 26.0 Å². The first-order valence-corrected chi connectivity index (χ1v) is 7.82. The fourth-order valence-corrected chi connectivity index (χ4v) is 2.56. The Morgan fingerprint density at radius 3 is 2.85 bits per heavy atom. The second-order valence-corrected chi connectivity index (χ2v) is 5.93. The van der Waals surface area contributed by atoms with Gasteiger partial charge in [-0.2, -0.15) is 0 Å². The standard InChI is InChI=1S/C13H17BrN2O3S/c1-19-13(18)3-2-6-16-12(17)8-20-11-5-4-9(14)7-10(11)15/h4-5,7H,2-3,6,8,15H2,1H3,(H,16,17). The van der Waals surface area contributed by atoms with Crippen LogP contribution in [0.2, 0.25) is 0 Å². The van der Waals surface area contributed by atoms with Crippen LogP contribution in [0.25, 0.3) is 0 Å². The Morgan fingerprint density at radius 2 is 2.20 bits per heavy atom. The lowest BCUT2D eigenvalue weighted by Crippen LogP contribution is -2.26. The van der Waals surface area contributed by atoms with Crippen LogP contribution in [-0.2, 0) is 14.3 Å². The van der Waals surface area contributed by atoms with Gasteiger partial charge in [-0.3, -0.25) is 9.59 Å². The van der Waals surface area contributed by atoms with Crippen LogP contribution < -0.4 is 11.1 Å². The van der Waals surface area contributed by atoms with Crippen molar-refractivity contribution in [2.24, 2.45) is 0 Å². The zero-order valence-electron chi connectivity index (χ0n) is 11.1. The molecule has 0 heterocycles. The van der Waals surface area contributed by atoms with Gasteiger partial charge in [0.05, 0.1) is 12.9 Å². The van der Waals surface area contributed by atoms with Gasteiger partial charge in [-0.15, -0.1) is 11.8 Å². The number of methoxy groups -OCH3 is 1. The first kappa shape index (κ1) is 16.8. The molecule has 0 saturated heterocycles. The molecular formula is C13H17BrN2O3S. The van der Waals surface area contributed by atoms with E-state index < -0.39 is 0 Å². The Hall–Kier alpha value is -1.21. The molecule has 0 fully saturated rings. The minimum absolute atomic E-state index is 0.0813. The highest BCUT2D eigenvalue weighted by Crippen LogP contribution is 2.27. The molecule has 1 rings (SSSR count). The quantitative estimate of drug-likeness (QED) is 0.337. The Morgan fingerprint density at radius 1 is 1.45 bits per heavy atom. The highest BCUT2D eigenvalue weighted by molar-refractivity contribution is 9.10. The molecule has 0 bridgehead atoms. The van der Waals surface area contributed by atoms with Gasteiger partial charge < -0.3 is 15.8 Å². The molecule has 0 spiro atoms. The molecule has 0 aromatic heterocycles. The number of carbonyl (C=O) groups is 2. The highest BCUT2D eigenvalue weighted by Gasteiger charge is 2.06. The zero-order chi connectivity index (χ0) is 15.0. The number of ether oxygens (including phenoxy) is 1. The third kappa shape index (κ3) is 6.29. The van der Waals surface area contributed by atoms with Crippen LogP contribution in [0.15, 0.2) is 27.6 Å². The summed E-state index contributed by atoms with van der Waals surface area (Å²) in [4.78, 5) is 23.4. The molecule has 0 aliphatic heterocycles. The topological polar surface area (TPSA) is 81.4 Å². The summed E-state index contributed by atoms with van der Waals surface area (Å²) in [7, 11) is 1.35. The predicted molar refractivity (Wildman–Crippen MR) is 83.5 cm³/mol. The minimum Gasteiger partial charge on any atom is -0.469 e. The number of benzene rings is 1. The molecule has 0 saturated carbocycles. The summed E-state index contributed by atoms with van der Waals surface area (Å²) in [6.45, 7) is 0.463. The number of halogens is 1. The fourth-order valence-electron chi connectivity index (χ4n) is 1.41. The summed E-state index contributed by atoms with van der Waals surface area (Å²) in [5, 5.41) is 2.75. The van der Waals surface area contributed by atoms with Gasteiger partial charge in [0.1, 0.15) is 0 Å². The van der Waals surface area contributed by atoms with Crippen LogP contribution in [0.5, 0.6) is 0 Å². The maximum absolute atomic E-state index is 11.6. The van der Waals surface area contributed by atoms with Crippen molar-refractivity contribution in [3.05, 3.63) is 22.7 Å². The van der Waals surface area contributed by atoms with Crippen molar-refractivity contribution < 1.29 is 14.3 Å². The van der Waals surface area contributed by atoms with Crippen LogP contribution in [0.3, 0.4) is 0 Å². The van der Waals surface area contributed by atoms with Crippen LogP contribution in [-0.4, -0.2) is 31.3 Å². The smallest absolute Gasteiger partial charge is 0.305 e. The van der Waals surface area contributed by atoms with E-state index in [1.807, 2.05) is 12.1 Å². The maximum Gasteiger partial charge on any atom is 0.305 e. The molecule has 1 aromatic rings. The van der Waals surface area contributed by atoms with E-state index >= 15 is 0 Å². The van der Waals surface area contributed by atoms with Gasteiger partial charge in [0.15, 0.2) is 0 Å².